The van der Waals surface area contributed by atoms with E-state index in [1.54, 1.807) is 30.3 Å². The molecule has 0 saturated heterocycles. The number of nitrogens with one attached hydrogen (secondary N) is 3. The minimum atomic E-state index is -0.650. The maximum absolute atomic E-state index is 13.5. The van der Waals surface area contributed by atoms with Crippen molar-refractivity contribution in [2.75, 3.05) is 12.4 Å². The molecule has 2 aromatic rings. The van der Waals surface area contributed by atoms with Crippen LogP contribution in [-0.4, -0.2) is 24.0 Å². The number of hydrogen-bond acceptors (Lipinski definition) is 3. The van der Waals surface area contributed by atoms with Crippen LogP contribution in [0.25, 0.3) is 0 Å². The lowest BCUT2D eigenvalue weighted by Crippen LogP contribution is -2.34. The maximum Gasteiger partial charge on any atom is 0.260 e. The normalized spacial score (nSPS) is 9.83. The molecule has 2 amide bonds. The number of halogens is 1. The molecule has 0 heterocycles. The Kier molecular flexibility index (Phi) is 5.37. The number of carbonyl (C=O) groups is 2. The van der Waals surface area contributed by atoms with Crippen LogP contribution in [0.1, 0.15) is 20.7 Å². The molecule has 0 aliphatic carbocycles. The topological polar surface area (TPSA) is 70.2 Å². The van der Waals surface area contributed by atoms with Crippen molar-refractivity contribution < 1.29 is 14.0 Å². The quantitative estimate of drug-likeness (QED) is 0.755. The first-order valence-corrected chi connectivity index (χ1v) is 7.11. The first-order chi connectivity index (χ1) is 11.0. The molecule has 118 valence electrons. The van der Waals surface area contributed by atoms with Crippen LogP contribution in [0.4, 0.5) is 10.1 Å². The Morgan fingerprint density at radius 1 is 1.04 bits per heavy atom. The van der Waals surface area contributed by atoms with Crippen LogP contribution >= 0.6 is 12.2 Å². The van der Waals surface area contributed by atoms with Gasteiger partial charge in [-0.1, -0.05) is 18.2 Å². The second-order valence-corrected chi connectivity index (χ2v) is 4.96. The third kappa shape index (κ3) is 4.33. The average Bonchev–Trinajstić information content (AvgIpc) is 2.54. The number of carbonyl (C=O) groups excluding carboxylic acids is 2. The third-order valence-electron chi connectivity index (χ3n) is 2.96. The van der Waals surface area contributed by atoms with Gasteiger partial charge in [0.25, 0.3) is 11.8 Å². The van der Waals surface area contributed by atoms with Crippen LogP contribution in [0.15, 0.2) is 48.5 Å². The lowest BCUT2D eigenvalue weighted by molar-refractivity contribution is 0.0958. The monoisotopic (exact) mass is 331 g/mol. The van der Waals surface area contributed by atoms with Gasteiger partial charge in [0, 0.05) is 18.3 Å². The lowest BCUT2D eigenvalue weighted by Gasteiger charge is -2.11. The van der Waals surface area contributed by atoms with E-state index in [1.165, 1.54) is 25.2 Å². The number of hydrogen-bond donors (Lipinski definition) is 3. The molecule has 0 aliphatic rings. The largest absolute Gasteiger partial charge is 0.355 e. The number of benzene rings is 2. The van der Waals surface area contributed by atoms with Gasteiger partial charge in [-0.3, -0.25) is 14.9 Å². The molecule has 0 fully saturated rings. The summed E-state index contributed by atoms with van der Waals surface area (Å²) in [6.45, 7) is 0. The predicted molar refractivity (Wildman–Crippen MR) is 89.9 cm³/mol. The summed E-state index contributed by atoms with van der Waals surface area (Å²) in [5.74, 6) is -1.52. The Labute approximate surface area is 137 Å². The minimum absolute atomic E-state index is 0.00677. The van der Waals surface area contributed by atoms with Gasteiger partial charge in [-0.2, -0.15) is 0 Å². The van der Waals surface area contributed by atoms with Crippen LogP contribution < -0.4 is 16.0 Å². The van der Waals surface area contributed by atoms with Crippen LogP contribution in [-0.2, 0) is 0 Å². The number of rotatable bonds is 3. The summed E-state index contributed by atoms with van der Waals surface area (Å²) in [5.41, 5.74) is 0.876. The summed E-state index contributed by atoms with van der Waals surface area (Å²) >= 11 is 5.03. The third-order valence-corrected chi connectivity index (χ3v) is 3.16. The molecular formula is C16H14FN3O2S. The molecule has 2 rings (SSSR count). The van der Waals surface area contributed by atoms with Crippen LogP contribution in [0.3, 0.4) is 0 Å². The van der Waals surface area contributed by atoms with Crippen molar-refractivity contribution in [3.63, 3.8) is 0 Å². The summed E-state index contributed by atoms with van der Waals surface area (Å²) in [6, 6.07) is 12.2. The van der Waals surface area contributed by atoms with E-state index in [-0.39, 0.29) is 16.6 Å². The SMILES string of the molecule is CNC(=O)c1cccc(NC(=S)NC(=O)c2ccccc2F)c1. The molecule has 0 radical (unpaired) electrons. The highest BCUT2D eigenvalue weighted by atomic mass is 32.1. The summed E-state index contributed by atoms with van der Waals surface area (Å²) in [7, 11) is 1.53. The standard InChI is InChI=1S/C16H14FN3O2S/c1-18-14(21)10-5-4-6-11(9-10)19-16(23)20-15(22)12-7-2-3-8-13(12)17/h2-9H,1H3,(H,18,21)(H2,19,20,22,23). The van der Waals surface area contributed by atoms with E-state index in [0.717, 1.165) is 0 Å². The van der Waals surface area contributed by atoms with E-state index in [4.69, 9.17) is 12.2 Å². The minimum Gasteiger partial charge on any atom is -0.355 e. The van der Waals surface area contributed by atoms with Crippen molar-refractivity contribution in [3.8, 4) is 0 Å². The zero-order chi connectivity index (χ0) is 16.8. The Morgan fingerprint density at radius 2 is 1.78 bits per heavy atom. The van der Waals surface area contributed by atoms with Gasteiger partial charge in [-0.25, -0.2) is 4.39 Å². The zero-order valence-electron chi connectivity index (χ0n) is 12.2. The highest BCUT2D eigenvalue weighted by molar-refractivity contribution is 7.80. The summed E-state index contributed by atoms with van der Waals surface area (Å²) in [6.07, 6.45) is 0. The van der Waals surface area contributed by atoms with Gasteiger partial charge in [0.05, 0.1) is 5.56 Å². The highest BCUT2D eigenvalue weighted by Crippen LogP contribution is 2.11. The van der Waals surface area contributed by atoms with Gasteiger partial charge in [-0.05, 0) is 42.5 Å². The molecule has 0 aliphatic heterocycles. The fourth-order valence-electron chi connectivity index (χ4n) is 1.86. The summed E-state index contributed by atoms with van der Waals surface area (Å²) in [4.78, 5) is 23.5. The summed E-state index contributed by atoms with van der Waals surface area (Å²) in [5, 5.41) is 7.69. The van der Waals surface area contributed by atoms with E-state index in [1.807, 2.05) is 0 Å². The predicted octanol–water partition coefficient (Wildman–Crippen LogP) is 2.31. The van der Waals surface area contributed by atoms with Crippen molar-refractivity contribution in [1.29, 1.82) is 0 Å². The highest BCUT2D eigenvalue weighted by Gasteiger charge is 2.12. The molecule has 0 unspecified atom stereocenters. The Balaban J connectivity index is 2.04. The molecule has 0 bridgehead atoms. The number of amides is 2. The van der Waals surface area contributed by atoms with Crippen molar-refractivity contribution in [2.45, 2.75) is 0 Å². The van der Waals surface area contributed by atoms with E-state index in [0.29, 0.717) is 11.3 Å². The van der Waals surface area contributed by atoms with Gasteiger partial charge in [0.2, 0.25) is 0 Å². The first-order valence-electron chi connectivity index (χ1n) is 6.70. The van der Waals surface area contributed by atoms with Crippen LogP contribution in [0, 0.1) is 5.82 Å². The first kappa shape index (κ1) is 16.6. The van der Waals surface area contributed by atoms with E-state index < -0.39 is 11.7 Å². The van der Waals surface area contributed by atoms with Crippen molar-refractivity contribution >= 4 is 34.8 Å². The molecule has 7 heteroatoms. The van der Waals surface area contributed by atoms with Crippen LogP contribution in [0.2, 0.25) is 0 Å². The van der Waals surface area contributed by atoms with Gasteiger partial charge in [0.15, 0.2) is 5.11 Å². The van der Waals surface area contributed by atoms with E-state index in [2.05, 4.69) is 16.0 Å². The molecule has 5 nitrogen and oxygen atoms in total. The average molecular weight is 331 g/mol. The molecule has 23 heavy (non-hydrogen) atoms. The Hall–Kier alpha value is -2.80. The fraction of sp³-hybridized carbons (Fsp3) is 0.0625. The van der Waals surface area contributed by atoms with Gasteiger partial charge >= 0.3 is 0 Å². The maximum atomic E-state index is 13.5. The molecule has 3 N–H and O–H groups in total. The van der Waals surface area contributed by atoms with Gasteiger partial charge < -0.3 is 10.6 Å². The lowest BCUT2D eigenvalue weighted by atomic mass is 10.2. The van der Waals surface area contributed by atoms with Gasteiger partial charge in [-0.15, -0.1) is 0 Å². The van der Waals surface area contributed by atoms with Gasteiger partial charge in [0.1, 0.15) is 5.82 Å². The fourth-order valence-corrected chi connectivity index (χ4v) is 2.07. The smallest absolute Gasteiger partial charge is 0.260 e. The number of anilines is 1. The van der Waals surface area contributed by atoms with Crippen molar-refractivity contribution in [3.05, 3.63) is 65.5 Å². The second kappa shape index (κ2) is 7.46. The molecule has 0 atom stereocenters. The van der Waals surface area contributed by atoms with Crippen molar-refractivity contribution in [2.24, 2.45) is 0 Å². The molecule has 0 aromatic heterocycles. The molecule has 0 saturated carbocycles. The summed E-state index contributed by atoms with van der Waals surface area (Å²) < 4.78 is 13.5. The zero-order valence-corrected chi connectivity index (χ0v) is 13.0. The molecule has 0 spiro atoms. The Morgan fingerprint density at radius 3 is 2.48 bits per heavy atom. The molecule has 2 aromatic carbocycles. The van der Waals surface area contributed by atoms with E-state index >= 15 is 0 Å². The van der Waals surface area contributed by atoms with Crippen molar-refractivity contribution in [1.82, 2.24) is 10.6 Å². The van der Waals surface area contributed by atoms with E-state index in [9.17, 15) is 14.0 Å². The number of thiocarbonyl (C=S) groups is 1. The second-order valence-electron chi connectivity index (χ2n) is 4.55. The van der Waals surface area contributed by atoms with Crippen LogP contribution in [0.5, 0.6) is 0 Å². The molecular weight excluding hydrogens is 317 g/mol. The Bertz CT molecular complexity index is 764.